The highest BCUT2D eigenvalue weighted by Crippen LogP contribution is 2.26. The van der Waals surface area contributed by atoms with Crippen LogP contribution in [-0.4, -0.2) is 11.6 Å². The van der Waals surface area contributed by atoms with Crippen LogP contribution in [0.5, 0.6) is 17.2 Å². The van der Waals surface area contributed by atoms with Crippen LogP contribution in [0.25, 0.3) is 0 Å². The van der Waals surface area contributed by atoms with Gasteiger partial charge in [-0.2, -0.15) is 0 Å². The molecular weight excluding hydrogens is 282 g/mol. The summed E-state index contributed by atoms with van der Waals surface area (Å²) in [7, 11) is 0. The Morgan fingerprint density at radius 2 is 1.94 bits per heavy atom. The largest absolute Gasteiger partial charge is 0.494 e. The van der Waals surface area contributed by atoms with Gasteiger partial charge in [0.05, 0.1) is 12.8 Å². The van der Waals surface area contributed by atoms with Crippen molar-refractivity contribution in [3.63, 3.8) is 0 Å². The molecule has 0 amide bonds. The van der Waals surface area contributed by atoms with Crippen molar-refractivity contribution in [3.8, 4) is 17.2 Å². The lowest BCUT2D eigenvalue weighted by Crippen LogP contribution is -1.92. The lowest BCUT2D eigenvalue weighted by atomic mass is 10.3. The topological polar surface area (TPSA) is 31.4 Å². The highest BCUT2D eigenvalue weighted by atomic mass is 79.9. The zero-order chi connectivity index (χ0) is 12.1. The molecule has 0 bridgehead atoms. The van der Waals surface area contributed by atoms with Gasteiger partial charge < -0.3 is 9.47 Å². The van der Waals surface area contributed by atoms with Gasteiger partial charge >= 0.3 is 0 Å². The number of hydrogen-bond acceptors (Lipinski definition) is 3. The summed E-state index contributed by atoms with van der Waals surface area (Å²) in [4.78, 5) is 4.04. The molecule has 1 aromatic heterocycles. The molecule has 0 aliphatic heterocycles. The Morgan fingerprint density at radius 3 is 2.71 bits per heavy atom. The first-order valence-corrected chi connectivity index (χ1v) is 6.08. The fourth-order valence-corrected chi connectivity index (χ4v) is 1.72. The van der Waals surface area contributed by atoms with E-state index in [2.05, 4.69) is 20.9 Å². The molecule has 2 aromatic rings. The van der Waals surface area contributed by atoms with Crippen molar-refractivity contribution in [2.24, 2.45) is 0 Å². The van der Waals surface area contributed by atoms with E-state index in [-0.39, 0.29) is 0 Å². The molecule has 0 radical (unpaired) electrons. The monoisotopic (exact) mass is 293 g/mol. The fourth-order valence-electron chi connectivity index (χ4n) is 1.38. The Morgan fingerprint density at radius 1 is 1.12 bits per heavy atom. The molecule has 1 aromatic carbocycles. The SMILES string of the molecule is CCOc1cccc(Oc2cncc(Br)c2)c1. The molecule has 3 nitrogen and oxygen atoms in total. The summed E-state index contributed by atoms with van der Waals surface area (Å²) in [6.07, 6.45) is 3.38. The van der Waals surface area contributed by atoms with E-state index < -0.39 is 0 Å². The Bertz CT molecular complexity index is 502. The first kappa shape index (κ1) is 11.9. The molecule has 2 rings (SSSR count). The highest BCUT2D eigenvalue weighted by molar-refractivity contribution is 9.10. The third-order valence-corrected chi connectivity index (χ3v) is 2.47. The average Bonchev–Trinajstić information content (AvgIpc) is 2.30. The molecule has 1 heterocycles. The molecule has 4 heteroatoms. The zero-order valence-electron chi connectivity index (χ0n) is 9.39. The molecule has 17 heavy (non-hydrogen) atoms. The predicted molar refractivity (Wildman–Crippen MR) is 69.6 cm³/mol. The van der Waals surface area contributed by atoms with E-state index in [0.29, 0.717) is 12.4 Å². The maximum absolute atomic E-state index is 5.67. The number of pyridine rings is 1. The summed E-state index contributed by atoms with van der Waals surface area (Å²) in [5, 5.41) is 0. The molecule has 0 unspecified atom stereocenters. The number of rotatable bonds is 4. The zero-order valence-corrected chi connectivity index (χ0v) is 11.0. The summed E-state index contributed by atoms with van der Waals surface area (Å²) >= 11 is 3.35. The van der Waals surface area contributed by atoms with Crippen molar-refractivity contribution >= 4 is 15.9 Å². The van der Waals surface area contributed by atoms with E-state index in [9.17, 15) is 0 Å². The summed E-state index contributed by atoms with van der Waals surface area (Å²) in [5.74, 6) is 2.22. The van der Waals surface area contributed by atoms with Gasteiger partial charge in [0.15, 0.2) is 0 Å². The van der Waals surface area contributed by atoms with Crippen molar-refractivity contribution < 1.29 is 9.47 Å². The van der Waals surface area contributed by atoms with Crippen LogP contribution < -0.4 is 9.47 Å². The van der Waals surface area contributed by atoms with Crippen LogP contribution in [0, 0.1) is 0 Å². The van der Waals surface area contributed by atoms with Gasteiger partial charge in [0.25, 0.3) is 0 Å². The molecule has 0 N–H and O–H groups in total. The third kappa shape index (κ3) is 3.46. The van der Waals surface area contributed by atoms with Gasteiger partial charge in [-0.1, -0.05) is 6.07 Å². The van der Waals surface area contributed by atoms with Crippen LogP contribution in [0.15, 0.2) is 47.2 Å². The smallest absolute Gasteiger partial charge is 0.146 e. The van der Waals surface area contributed by atoms with E-state index in [0.717, 1.165) is 16.0 Å². The van der Waals surface area contributed by atoms with E-state index in [1.165, 1.54) is 0 Å². The average molecular weight is 294 g/mol. The number of hydrogen-bond donors (Lipinski definition) is 0. The third-order valence-electron chi connectivity index (χ3n) is 2.03. The van der Waals surface area contributed by atoms with Crippen LogP contribution in [0.1, 0.15) is 6.92 Å². The lowest BCUT2D eigenvalue weighted by molar-refractivity contribution is 0.338. The summed E-state index contributed by atoms with van der Waals surface area (Å²) in [6, 6.07) is 9.38. The second kappa shape index (κ2) is 5.68. The predicted octanol–water partition coefficient (Wildman–Crippen LogP) is 4.04. The molecule has 0 fully saturated rings. The fraction of sp³-hybridized carbons (Fsp3) is 0.154. The van der Waals surface area contributed by atoms with Crippen LogP contribution in [0.3, 0.4) is 0 Å². The normalized spacial score (nSPS) is 10.0. The van der Waals surface area contributed by atoms with Gasteiger partial charge in [-0.25, -0.2) is 0 Å². The van der Waals surface area contributed by atoms with Crippen LogP contribution in [0.2, 0.25) is 0 Å². The van der Waals surface area contributed by atoms with Crippen LogP contribution in [-0.2, 0) is 0 Å². The van der Waals surface area contributed by atoms with Crippen molar-refractivity contribution in [2.75, 3.05) is 6.61 Å². The molecular formula is C13H12BrNO2. The molecule has 0 aliphatic carbocycles. The first-order valence-electron chi connectivity index (χ1n) is 5.29. The summed E-state index contributed by atoms with van der Waals surface area (Å²) < 4.78 is 12.0. The number of ether oxygens (including phenoxy) is 2. The number of halogens is 1. The molecule has 0 spiro atoms. The maximum Gasteiger partial charge on any atom is 0.146 e. The van der Waals surface area contributed by atoms with Gasteiger partial charge in [0, 0.05) is 16.7 Å². The Kier molecular flexibility index (Phi) is 3.98. The van der Waals surface area contributed by atoms with Gasteiger partial charge in [0.2, 0.25) is 0 Å². The van der Waals surface area contributed by atoms with Crippen molar-refractivity contribution in [1.29, 1.82) is 0 Å². The highest BCUT2D eigenvalue weighted by Gasteiger charge is 2.00. The second-order valence-electron chi connectivity index (χ2n) is 3.35. The van der Waals surface area contributed by atoms with Crippen LogP contribution in [0.4, 0.5) is 0 Å². The van der Waals surface area contributed by atoms with Crippen molar-refractivity contribution in [3.05, 3.63) is 47.2 Å². The Labute approximate surface area is 109 Å². The Balaban J connectivity index is 2.15. The second-order valence-corrected chi connectivity index (χ2v) is 4.26. The quantitative estimate of drug-likeness (QED) is 0.853. The van der Waals surface area contributed by atoms with Gasteiger partial charge in [-0.3, -0.25) is 4.98 Å². The Hall–Kier alpha value is -1.55. The van der Waals surface area contributed by atoms with E-state index >= 15 is 0 Å². The van der Waals surface area contributed by atoms with E-state index in [1.807, 2.05) is 37.3 Å². The molecule has 88 valence electrons. The van der Waals surface area contributed by atoms with Crippen molar-refractivity contribution in [2.45, 2.75) is 6.92 Å². The van der Waals surface area contributed by atoms with Gasteiger partial charge in [0.1, 0.15) is 17.2 Å². The maximum atomic E-state index is 5.67. The summed E-state index contributed by atoms with van der Waals surface area (Å²) in [6.45, 7) is 2.59. The van der Waals surface area contributed by atoms with E-state index in [1.54, 1.807) is 12.4 Å². The number of aromatic nitrogens is 1. The molecule has 0 atom stereocenters. The lowest BCUT2D eigenvalue weighted by Gasteiger charge is -2.07. The minimum atomic E-state index is 0.641. The molecule has 0 aliphatic rings. The van der Waals surface area contributed by atoms with Crippen molar-refractivity contribution in [1.82, 2.24) is 4.98 Å². The minimum Gasteiger partial charge on any atom is -0.494 e. The molecule has 0 saturated heterocycles. The van der Waals surface area contributed by atoms with E-state index in [4.69, 9.17) is 9.47 Å². The number of benzene rings is 1. The minimum absolute atomic E-state index is 0.641. The number of nitrogens with zero attached hydrogens (tertiary/aromatic N) is 1. The van der Waals surface area contributed by atoms with Gasteiger partial charge in [-0.15, -0.1) is 0 Å². The summed E-state index contributed by atoms with van der Waals surface area (Å²) in [5.41, 5.74) is 0. The van der Waals surface area contributed by atoms with Gasteiger partial charge in [-0.05, 0) is 41.1 Å². The molecule has 0 saturated carbocycles. The first-order chi connectivity index (χ1) is 8.28. The standard InChI is InChI=1S/C13H12BrNO2/c1-2-16-11-4-3-5-12(7-11)17-13-6-10(14)8-15-9-13/h3-9H,2H2,1H3. The van der Waals surface area contributed by atoms with Crippen LogP contribution >= 0.6 is 15.9 Å².